The molecule has 0 aliphatic heterocycles. The van der Waals surface area contributed by atoms with Crippen LogP contribution in [0.3, 0.4) is 0 Å². The Morgan fingerprint density at radius 1 is 0.826 bits per heavy atom. The third-order valence-corrected chi connectivity index (χ3v) is 2.98. The molecule has 8 nitrogen and oxygen atoms in total. The Bertz CT molecular complexity index is 813. The number of amides is 1. The number of carboxylic acid groups (broad SMARTS) is 2. The second-order valence-corrected chi connectivity index (χ2v) is 4.50. The van der Waals surface area contributed by atoms with Gasteiger partial charge in [0, 0.05) is 0 Å². The molecule has 8 heteroatoms. The first-order valence-electron chi connectivity index (χ1n) is 6.24. The highest BCUT2D eigenvalue weighted by Gasteiger charge is 2.21. The summed E-state index contributed by atoms with van der Waals surface area (Å²) in [5, 5.41) is 39.5. The monoisotopic (exact) mass is 317 g/mol. The number of aromatic hydroxyl groups is 2. The Morgan fingerprint density at radius 3 is 2.00 bits per heavy atom. The number of phenols is 2. The Kier molecular flexibility index (Phi) is 4.17. The van der Waals surface area contributed by atoms with Gasteiger partial charge in [-0.3, -0.25) is 4.79 Å². The second-order valence-electron chi connectivity index (χ2n) is 4.50. The van der Waals surface area contributed by atoms with Gasteiger partial charge in [0.1, 0.15) is 17.1 Å². The van der Waals surface area contributed by atoms with Gasteiger partial charge in [-0.15, -0.1) is 0 Å². The minimum Gasteiger partial charge on any atom is -0.508 e. The van der Waals surface area contributed by atoms with Crippen LogP contribution in [0.2, 0.25) is 0 Å². The second kappa shape index (κ2) is 6.06. The van der Waals surface area contributed by atoms with Gasteiger partial charge >= 0.3 is 11.9 Å². The number of carboxylic acids is 2. The van der Waals surface area contributed by atoms with E-state index in [1.165, 1.54) is 24.3 Å². The SMILES string of the molecule is O=C(O)c1ccccc1NC(=O)c1cc(O)cc(C(=O)O)c1O. The highest BCUT2D eigenvalue weighted by Crippen LogP contribution is 2.29. The van der Waals surface area contributed by atoms with Crippen molar-refractivity contribution in [1.82, 2.24) is 0 Å². The first-order chi connectivity index (χ1) is 10.8. The van der Waals surface area contributed by atoms with Crippen molar-refractivity contribution in [2.75, 3.05) is 5.32 Å². The fourth-order valence-electron chi connectivity index (χ4n) is 1.92. The molecule has 23 heavy (non-hydrogen) atoms. The highest BCUT2D eigenvalue weighted by molar-refractivity contribution is 6.11. The Hall–Kier alpha value is -3.55. The summed E-state index contributed by atoms with van der Waals surface area (Å²) in [5.74, 6) is -5.13. The lowest BCUT2D eigenvalue weighted by Crippen LogP contribution is -2.16. The van der Waals surface area contributed by atoms with Gasteiger partial charge in [0.15, 0.2) is 0 Å². The summed E-state index contributed by atoms with van der Waals surface area (Å²) in [4.78, 5) is 34.2. The maximum absolute atomic E-state index is 12.2. The Balaban J connectivity index is 2.43. The zero-order valence-electron chi connectivity index (χ0n) is 11.5. The summed E-state index contributed by atoms with van der Waals surface area (Å²) in [6.07, 6.45) is 0. The van der Waals surface area contributed by atoms with E-state index >= 15 is 0 Å². The molecule has 0 aromatic heterocycles. The fourth-order valence-corrected chi connectivity index (χ4v) is 1.92. The van der Waals surface area contributed by atoms with Crippen molar-refractivity contribution in [3.05, 3.63) is 53.1 Å². The topological polar surface area (TPSA) is 144 Å². The molecule has 1 amide bonds. The summed E-state index contributed by atoms with van der Waals surface area (Å²) >= 11 is 0. The first kappa shape index (κ1) is 15.8. The largest absolute Gasteiger partial charge is 0.508 e. The van der Waals surface area contributed by atoms with Gasteiger partial charge in [0.25, 0.3) is 5.91 Å². The van der Waals surface area contributed by atoms with Gasteiger partial charge in [-0.2, -0.15) is 0 Å². The predicted molar refractivity (Wildman–Crippen MR) is 78.1 cm³/mol. The van der Waals surface area contributed by atoms with Crippen molar-refractivity contribution >= 4 is 23.5 Å². The van der Waals surface area contributed by atoms with E-state index in [-0.39, 0.29) is 11.3 Å². The molecule has 0 saturated heterocycles. The van der Waals surface area contributed by atoms with Crippen LogP contribution in [0.15, 0.2) is 36.4 Å². The van der Waals surface area contributed by atoms with E-state index in [4.69, 9.17) is 10.2 Å². The predicted octanol–water partition coefficient (Wildman–Crippen LogP) is 1.75. The van der Waals surface area contributed by atoms with Crippen LogP contribution in [0.4, 0.5) is 5.69 Å². The maximum atomic E-state index is 12.2. The minimum absolute atomic E-state index is 0.0374. The molecule has 0 atom stereocenters. The van der Waals surface area contributed by atoms with Crippen LogP contribution < -0.4 is 5.32 Å². The van der Waals surface area contributed by atoms with Gasteiger partial charge in [-0.25, -0.2) is 9.59 Å². The molecule has 0 bridgehead atoms. The number of hydrogen-bond acceptors (Lipinski definition) is 5. The smallest absolute Gasteiger partial charge is 0.339 e. The molecule has 118 valence electrons. The standard InChI is InChI=1S/C15H11NO7/c17-7-5-9(12(18)10(6-7)15(22)23)13(19)16-11-4-2-1-3-8(11)14(20)21/h1-6,17-18H,(H,16,19)(H,20,21)(H,22,23). The van der Waals surface area contributed by atoms with Crippen molar-refractivity contribution in [3.63, 3.8) is 0 Å². The van der Waals surface area contributed by atoms with Crippen LogP contribution in [-0.4, -0.2) is 38.3 Å². The number of hydrogen-bond donors (Lipinski definition) is 5. The van der Waals surface area contributed by atoms with Crippen LogP contribution >= 0.6 is 0 Å². The summed E-state index contributed by atoms with van der Waals surface area (Å²) in [6, 6.07) is 7.23. The molecule has 0 saturated carbocycles. The Labute approximate surface area is 129 Å². The number of phenolic OH excluding ortho intramolecular Hbond substituents is 1. The summed E-state index contributed by atoms with van der Waals surface area (Å²) in [6.45, 7) is 0. The molecule has 2 aromatic rings. The molecule has 2 aromatic carbocycles. The van der Waals surface area contributed by atoms with Gasteiger partial charge < -0.3 is 25.7 Å². The molecule has 0 heterocycles. The molecule has 0 fully saturated rings. The van der Waals surface area contributed by atoms with Gasteiger partial charge in [-0.1, -0.05) is 12.1 Å². The van der Waals surface area contributed by atoms with Crippen molar-refractivity contribution in [3.8, 4) is 11.5 Å². The molecule has 0 unspecified atom stereocenters. The quantitative estimate of drug-likeness (QED) is 0.540. The average molecular weight is 317 g/mol. The van der Waals surface area contributed by atoms with E-state index in [9.17, 15) is 24.6 Å². The molecule has 0 aliphatic carbocycles. The zero-order chi connectivity index (χ0) is 17.1. The third kappa shape index (κ3) is 3.21. The fraction of sp³-hybridized carbons (Fsp3) is 0. The number of carbonyl (C=O) groups is 3. The Morgan fingerprint density at radius 2 is 1.39 bits per heavy atom. The average Bonchev–Trinajstić information content (AvgIpc) is 2.49. The number of rotatable bonds is 4. The van der Waals surface area contributed by atoms with E-state index in [0.717, 1.165) is 12.1 Å². The minimum atomic E-state index is -1.53. The van der Waals surface area contributed by atoms with Crippen LogP contribution in [0.1, 0.15) is 31.1 Å². The van der Waals surface area contributed by atoms with Crippen LogP contribution in [0.5, 0.6) is 11.5 Å². The van der Waals surface area contributed by atoms with Crippen LogP contribution in [0, 0.1) is 0 Å². The number of nitrogens with one attached hydrogen (secondary N) is 1. The van der Waals surface area contributed by atoms with Crippen molar-refractivity contribution in [1.29, 1.82) is 0 Å². The number of para-hydroxylation sites is 1. The molecule has 0 radical (unpaired) electrons. The normalized spacial score (nSPS) is 10.1. The lowest BCUT2D eigenvalue weighted by molar-refractivity contribution is 0.0684. The van der Waals surface area contributed by atoms with E-state index in [1.54, 1.807) is 0 Å². The lowest BCUT2D eigenvalue weighted by Gasteiger charge is -2.11. The first-order valence-corrected chi connectivity index (χ1v) is 6.24. The lowest BCUT2D eigenvalue weighted by atomic mass is 10.1. The molecular formula is C15H11NO7. The molecule has 5 N–H and O–H groups in total. The zero-order valence-corrected chi connectivity index (χ0v) is 11.5. The summed E-state index contributed by atoms with van der Waals surface area (Å²) < 4.78 is 0. The van der Waals surface area contributed by atoms with Crippen molar-refractivity contribution in [2.45, 2.75) is 0 Å². The van der Waals surface area contributed by atoms with E-state index in [1.807, 2.05) is 0 Å². The third-order valence-electron chi connectivity index (χ3n) is 2.98. The van der Waals surface area contributed by atoms with E-state index in [0.29, 0.717) is 0 Å². The number of benzene rings is 2. The molecular weight excluding hydrogens is 306 g/mol. The van der Waals surface area contributed by atoms with Gasteiger partial charge in [0.05, 0.1) is 16.8 Å². The summed E-state index contributed by atoms with van der Waals surface area (Å²) in [5.41, 5.74) is -1.37. The molecule has 0 spiro atoms. The number of anilines is 1. The number of carbonyl (C=O) groups excluding carboxylic acids is 1. The van der Waals surface area contributed by atoms with Crippen LogP contribution in [0.25, 0.3) is 0 Å². The van der Waals surface area contributed by atoms with Gasteiger partial charge in [-0.05, 0) is 24.3 Å². The van der Waals surface area contributed by atoms with Crippen LogP contribution in [-0.2, 0) is 0 Å². The van der Waals surface area contributed by atoms with Crippen molar-refractivity contribution < 1.29 is 34.8 Å². The molecule has 2 rings (SSSR count). The van der Waals surface area contributed by atoms with E-state index < -0.39 is 40.5 Å². The number of aromatic carboxylic acids is 2. The maximum Gasteiger partial charge on any atom is 0.339 e. The van der Waals surface area contributed by atoms with Gasteiger partial charge in [0.2, 0.25) is 0 Å². The van der Waals surface area contributed by atoms with Crippen molar-refractivity contribution in [2.24, 2.45) is 0 Å². The molecule has 0 aliphatic rings. The van der Waals surface area contributed by atoms with E-state index in [2.05, 4.69) is 5.32 Å². The highest BCUT2D eigenvalue weighted by atomic mass is 16.4. The summed E-state index contributed by atoms with van der Waals surface area (Å²) in [7, 11) is 0.